The van der Waals surface area contributed by atoms with Gasteiger partial charge in [0.2, 0.25) is 11.8 Å². The molecule has 0 atom stereocenters. The van der Waals surface area contributed by atoms with Crippen molar-refractivity contribution in [3.63, 3.8) is 0 Å². The number of rotatable bonds is 7. The van der Waals surface area contributed by atoms with Crippen LogP contribution in [0.4, 0.5) is 4.39 Å². The van der Waals surface area contributed by atoms with Crippen molar-refractivity contribution in [3.05, 3.63) is 71.6 Å². The SMILES string of the molecule is Cc1noc(CCC(=O)NCc2ccc(Oc3ccc(F)cc3)cc2)n1. The van der Waals surface area contributed by atoms with E-state index in [9.17, 15) is 9.18 Å². The van der Waals surface area contributed by atoms with Crippen molar-refractivity contribution in [1.29, 1.82) is 0 Å². The summed E-state index contributed by atoms with van der Waals surface area (Å²) >= 11 is 0. The fraction of sp³-hybridized carbons (Fsp3) is 0.211. The van der Waals surface area contributed by atoms with Gasteiger partial charge < -0.3 is 14.6 Å². The van der Waals surface area contributed by atoms with Crippen molar-refractivity contribution < 1.29 is 18.4 Å². The summed E-state index contributed by atoms with van der Waals surface area (Å²) < 4.78 is 23.5. The number of halogens is 1. The molecule has 6 nitrogen and oxygen atoms in total. The molecule has 1 amide bonds. The standard InChI is InChI=1S/C19H18FN3O3/c1-13-22-19(26-23-13)11-10-18(24)21-12-14-2-6-16(7-3-14)25-17-8-4-15(20)5-9-17/h2-9H,10-12H2,1H3,(H,21,24). The Morgan fingerprint density at radius 2 is 1.77 bits per heavy atom. The van der Waals surface area contributed by atoms with Crippen molar-refractivity contribution in [2.24, 2.45) is 0 Å². The van der Waals surface area contributed by atoms with Gasteiger partial charge >= 0.3 is 0 Å². The quantitative estimate of drug-likeness (QED) is 0.701. The maximum atomic E-state index is 12.9. The van der Waals surface area contributed by atoms with Gasteiger partial charge in [-0.3, -0.25) is 4.79 Å². The Balaban J connectivity index is 1.44. The van der Waals surface area contributed by atoms with E-state index >= 15 is 0 Å². The number of carbonyl (C=O) groups excluding carboxylic acids is 1. The molecule has 3 aromatic rings. The van der Waals surface area contributed by atoms with Gasteiger partial charge in [-0.2, -0.15) is 4.98 Å². The van der Waals surface area contributed by atoms with E-state index in [-0.39, 0.29) is 18.1 Å². The molecule has 0 saturated carbocycles. The number of aryl methyl sites for hydroxylation is 2. The summed E-state index contributed by atoms with van der Waals surface area (Å²) in [4.78, 5) is 15.9. The largest absolute Gasteiger partial charge is 0.457 e. The molecule has 0 spiro atoms. The molecule has 0 aliphatic heterocycles. The molecule has 0 aliphatic rings. The molecule has 1 heterocycles. The third kappa shape index (κ3) is 5.14. The minimum absolute atomic E-state index is 0.0903. The highest BCUT2D eigenvalue weighted by molar-refractivity contribution is 5.76. The first-order valence-corrected chi connectivity index (χ1v) is 8.17. The first-order chi connectivity index (χ1) is 12.6. The third-order valence-electron chi connectivity index (χ3n) is 3.60. The Kier molecular flexibility index (Phi) is 5.58. The van der Waals surface area contributed by atoms with E-state index in [2.05, 4.69) is 15.5 Å². The molecule has 0 unspecified atom stereocenters. The van der Waals surface area contributed by atoms with E-state index in [1.807, 2.05) is 12.1 Å². The first kappa shape index (κ1) is 17.6. The van der Waals surface area contributed by atoms with Crippen molar-refractivity contribution >= 4 is 5.91 Å². The lowest BCUT2D eigenvalue weighted by Crippen LogP contribution is -2.23. The summed E-state index contributed by atoms with van der Waals surface area (Å²) in [7, 11) is 0. The van der Waals surface area contributed by atoms with Gasteiger partial charge in [-0.15, -0.1) is 0 Å². The van der Waals surface area contributed by atoms with E-state index in [4.69, 9.17) is 9.26 Å². The Hall–Kier alpha value is -3.22. The van der Waals surface area contributed by atoms with Gasteiger partial charge in [0.25, 0.3) is 0 Å². The number of nitrogens with zero attached hydrogens (tertiary/aromatic N) is 2. The van der Waals surface area contributed by atoms with Gasteiger partial charge in [0.1, 0.15) is 17.3 Å². The molecule has 1 N–H and O–H groups in total. The highest BCUT2D eigenvalue weighted by atomic mass is 19.1. The summed E-state index contributed by atoms with van der Waals surface area (Å²) in [6.45, 7) is 2.15. The second-order valence-corrected chi connectivity index (χ2v) is 5.71. The maximum absolute atomic E-state index is 12.9. The number of ether oxygens (including phenoxy) is 1. The molecule has 7 heteroatoms. The molecule has 0 aliphatic carbocycles. The van der Waals surface area contributed by atoms with Crippen LogP contribution in [0.15, 0.2) is 53.1 Å². The highest BCUT2D eigenvalue weighted by Crippen LogP contribution is 2.21. The molecule has 0 radical (unpaired) electrons. The molecule has 1 aromatic heterocycles. The van der Waals surface area contributed by atoms with Crippen LogP contribution in [-0.2, 0) is 17.8 Å². The fourth-order valence-electron chi connectivity index (χ4n) is 2.27. The molecule has 2 aromatic carbocycles. The van der Waals surface area contributed by atoms with E-state index in [1.165, 1.54) is 12.1 Å². The van der Waals surface area contributed by atoms with E-state index < -0.39 is 0 Å². The number of aromatic nitrogens is 2. The molecular weight excluding hydrogens is 337 g/mol. The lowest BCUT2D eigenvalue weighted by atomic mass is 10.2. The van der Waals surface area contributed by atoms with Crippen LogP contribution in [0.2, 0.25) is 0 Å². The minimum Gasteiger partial charge on any atom is -0.457 e. The monoisotopic (exact) mass is 355 g/mol. The zero-order chi connectivity index (χ0) is 18.4. The van der Waals surface area contributed by atoms with Crippen molar-refractivity contribution in [1.82, 2.24) is 15.5 Å². The van der Waals surface area contributed by atoms with Crippen LogP contribution in [0.25, 0.3) is 0 Å². The van der Waals surface area contributed by atoms with Crippen LogP contribution >= 0.6 is 0 Å². The third-order valence-corrected chi connectivity index (χ3v) is 3.60. The fourth-order valence-corrected chi connectivity index (χ4v) is 2.27. The summed E-state index contributed by atoms with van der Waals surface area (Å²) in [5.41, 5.74) is 0.943. The number of amides is 1. The second kappa shape index (κ2) is 8.24. The van der Waals surface area contributed by atoms with Crippen LogP contribution in [0.1, 0.15) is 23.7 Å². The Labute approximate surface area is 150 Å². The Morgan fingerprint density at radius 3 is 2.38 bits per heavy atom. The average Bonchev–Trinajstić information content (AvgIpc) is 3.07. The lowest BCUT2D eigenvalue weighted by Gasteiger charge is -2.08. The predicted octanol–water partition coefficient (Wildman–Crippen LogP) is 3.56. The minimum atomic E-state index is -0.308. The van der Waals surface area contributed by atoms with E-state index in [1.54, 1.807) is 31.2 Å². The van der Waals surface area contributed by atoms with Gasteiger partial charge in [0.15, 0.2) is 5.82 Å². The molecule has 3 rings (SSSR count). The molecule has 134 valence electrons. The number of nitrogens with one attached hydrogen (secondary N) is 1. The van der Waals surface area contributed by atoms with Crippen LogP contribution in [0, 0.1) is 12.7 Å². The zero-order valence-corrected chi connectivity index (χ0v) is 14.2. The zero-order valence-electron chi connectivity index (χ0n) is 14.2. The summed E-state index contributed by atoms with van der Waals surface area (Å²) in [6.07, 6.45) is 0.699. The lowest BCUT2D eigenvalue weighted by molar-refractivity contribution is -0.121. The number of hydrogen-bond donors (Lipinski definition) is 1. The first-order valence-electron chi connectivity index (χ1n) is 8.17. The molecular formula is C19H18FN3O3. The second-order valence-electron chi connectivity index (χ2n) is 5.71. The number of benzene rings is 2. The smallest absolute Gasteiger partial charge is 0.227 e. The van der Waals surface area contributed by atoms with Crippen LogP contribution in [0.5, 0.6) is 11.5 Å². The Morgan fingerprint density at radius 1 is 1.12 bits per heavy atom. The Bertz CT molecular complexity index is 860. The number of hydrogen-bond acceptors (Lipinski definition) is 5. The van der Waals surface area contributed by atoms with Gasteiger partial charge in [-0.25, -0.2) is 4.39 Å². The van der Waals surface area contributed by atoms with E-state index in [0.717, 1.165) is 5.56 Å². The van der Waals surface area contributed by atoms with Gasteiger partial charge in [-0.05, 0) is 48.9 Å². The van der Waals surface area contributed by atoms with Crippen LogP contribution < -0.4 is 10.1 Å². The predicted molar refractivity (Wildman–Crippen MR) is 92.1 cm³/mol. The summed E-state index contributed by atoms with van der Waals surface area (Å²) in [6, 6.07) is 13.1. The van der Waals surface area contributed by atoms with Crippen LogP contribution in [-0.4, -0.2) is 16.0 Å². The maximum Gasteiger partial charge on any atom is 0.227 e. The van der Waals surface area contributed by atoms with Crippen LogP contribution in [0.3, 0.4) is 0 Å². The summed E-state index contributed by atoms with van der Waals surface area (Å²) in [5, 5.41) is 6.52. The number of carbonyl (C=O) groups is 1. The molecule has 0 fully saturated rings. The van der Waals surface area contributed by atoms with Gasteiger partial charge in [0, 0.05) is 19.4 Å². The van der Waals surface area contributed by atoms with Crippen molar-refractivity contribution in [2.75, 3.05) is 0 Å². The van der Waals surface area contributed by atoms with Gasteiger partial charge in [-0.1, -0.05) is 17.3 Å². The van der Waals surface area contributed by atoms with Crippen molar-refractivity contribution in [3.8, 4) is 11.5 Å². The normalized spacial score (nSPS) is 10.5. The molecule has 0 saturated heterocycles. The highest BCUT2D eigenvalue weighted by Gasteiger charge is 2.07. The topological polar surface area (TPSA) is 77.2 Å². The van der Waals surface area contributed by atoms with E-state index in [0.29, 0.717) is 36.2 Å². The van der Waals surface area contributed by atoms with Crippen molar-refractivity contribution in [2.45, 2.75) is 26.3 Å². The summed E-state index contributed by atoms with van der Waals surface area (Å²) in [5.74, 6) is 1.82. The molecule has 26 heavy (non-hydrogen) atoms. The molecule has 0 bridgehead atoms. The van der Waals surface area contributed by atoms with Gasteiger partial charge in [0.05, 0.1) is 0 Å². The average molecular weight is 355 g/mol.